The Morgan fingerprint density at radius 3 is 2.47 bits per heavy atom. The lowest BCUT2D eigenvalue weighted by Gasteiger charge is -1.98. The lowest BCUT2D eigenvalue weighted by Crippen LogP contribution is -1.83. The van der Waals surface area contributed by atoms with Gasteiger partial charge in [-0.05, 0) is 42.0 Å². The van der Waals surface area contributed by atoms with Crippen molar-refractivity contribution < 1.29 is 4.74 Å². The number of ether oxygens (including phenoxy) is 1. The summed E-state index contributed by atoms with van der Waals surface area (Å²) in [5, 5.41) is 2.87. The van der Waals surface area contributed by atoms with E-state index in [-0.39, 0.29) is 6.54 Å². The fraction of sp³-hybridized carbons (Fsp3) is 0.125. The number of hydrogen-bond acceptors (Lipinski definition) is 3. The highest BCUT2D eigenvalue weighted by Gasteiger charge is 1.94. The van der Waals surface area contributed by atoms with E-state index in [9.17, 15) is 4.91 Å². The van der Waals surface area contributed by atoms with Crippen LogP contribution >= 0.6 is 0 Å². The van der Waals surface area contributed by atoms with Crippen molar-refractivity contribution in [3.63, 3.8) is 0 Å². The van der Waals surface area contributed by atoms with Crippen LogP contribution in [-0.4, -0.2) is 7.11 Å². The molecule has 3 heteroatoms. The van der Waals surface area contributed by atoms with E-state index in [0.29, 0.717) is 0 Å². The van der Waals surface area contributed by atoms with Gasteiger partial charge in [-0.2, -0.15) is 4.91 Å². The molecule has 0 aliphatic heterocycles. The van der Waals surface area contributed by atoms with Crippen LogP contribution in [0, 0.1) is 16.7 Å². The molecule has 0 aromatic heterocycles. The zero-order valence-corrected chi connectivity index (χ0v) is 10.6. The minimum absolute atomic E-state index is 0.179. The Balaban J connectivity index is 2.18. The molecule has 2 aromatic carbocycles. The van der Waals surface area contributed by atoms with Crippen molar-refractivity contribution >= 4 is 0 Å². The summed E-state index contributed by atoms with van der Waals surface area (Å²) in [6, 6.07) is 15.1. The minimum Gasteiger partial charge on any atom is -0.497 e. The molecule has 0 unspecified atom stereocenters. The Hall–Kier alpha value is -2.60. The van der Waals surface area contributed by atoms with E-state index in [1.54, 1.807) is 7.11 Å². The normalized spacial score (nSPS) is 9.32. The van der Waals surface area contributed by atoms with Gasteiger partial charge in [-0.25, -0.2) is 0 Å². The fourth-order valence-corrected chi connectivity index (χ4v) is 1.64. The number of hydrogen-bond donors (Lipinski definition) is 0. The van der Waals surface area contributed by atoms with Crippen LogP contribution in [0.1, 0.15) is 16.7 Å². The Morgan fingerprint density at radius 1 is 1.05 bits per heavy atom. The number of benzene rings is 2. The first-order valence-corrected chi connectivity index (χ1v) is 5.86. The van der Waals surface area contributed by atoms with Gasteiger partial charge in [-0.15, -0.1) is 0 Å². The molecule has 0 atom stereocenters. The van der Waals surface area contributed by atoms with Crippen LogP contribution < -0.4 is 4.74 Å². The van der Waals surface area contributed by atoms with Crippen LogP contribution in [0.2, 0.25) is 0 Å². The van der Waals surface area contributed by atoms with Gasteiger partial charge in [0.2, 0.25) is 0 Å². The maximum absolute atomic E-state index is 10.2. The van der Waals surface area contributed by atoms with Crippen LogP contribution in [-0.2, 0) is 6.54 Å². The third-order valence-electron chi connectivity index (χ3n) is 2.62. The number of nitrogens with zero attached hydrogens (tertiary/aromatic N) is 1. The average Bonchev–Trinajstić information content (AvgIpc) is 2.46. The Morgan fingerprint density at radius 2 is 1.79 bits per heavy atom. The molecule has 0 fully saturated rings. The molecule has 0 saturated heterocycles. The van der Waals surface area contributed by atoms with Crippen molar-refractivity contribution in [2.24, 2.45) is 5.18 Å². The fourth-order valence-electron chi connectivity index (χ4n) is 1.64. The van der Waals surface area contributed by atoms with Crippen molar-refractivity contribution in [1.82, 2.24) is 0 Å². The highest BCUT2D eigenvalue weighted by atomic mass is 16.5. The van der Waals surface area contributed by atoms with Crippen molar-refractivity contribution in [3.05, 3.63) is 70.1 Å². The van der Waals surface area contributed by atoms with Gasteiger partial charge in [-0.3, -0.25) is 0 Å². The van der Waals surface area contributed by atoms with E-state index >= 15 is 0 Å². The molecule has 0 saturated carbocycles. The van der Waals surface area contributed by atoms with Crippen LogP contribution in [0.4, 0.5) is 0 Å². The van der Waals surface area contributed by atoms with Crippen molar-refractivity contribution in [1.29, 1.82) is 0 Å². The summed E-state index contributed by atoms with van der Waals surface area (Å²) >= 11 is 0. The average molecular weight is 251 g/mol. The standard InChI is InChI=1S/C16H13NO2/c1-19-16-9-7-13(8-10-16)5-6-14-3-2-4-15(11-14)12-17-18/h2-4,7-11H,12H2,1H3. The topological polar surface area (TPSA) is 38.7 Å². The second-order valence-corrected chi connectivity index (χ2v) is 3.97. The van der Waals surface area contributed by atoms with Gasteiger partial charge in [0, 0.05) is 11.1 Å². The largest absolute Gasteiger partial charge is 0.497 e. The summed E-state index contributed by atoms with van der Waals surface area (Å²) in [7, 11) is 1.63. The van der Waals surface area contributed by atoms with Crippen LogP contribution in [0.5, 0.6) is 5.75 Å². The van der Waals surface area contributed by atoms with E-state index in [2.05, 4.69) is 17.0 Å². The summed E-state index contributed by atoms with van der Waals surface area (Å²) in [5.74, 6) is 6.94. The molecule has 19 heavy (non-hydrogen) atoms. The summed E-state index contributed by atoms with van der Waals surface area (Å²) in [6.45, 7) is 0.179. The SMILES string of the molecule is COc1ccc(C#Cc2cccc(CN=O)c2)cc1. The molecule has 0 aliphatic rings. The predicted molar refractivity (Wildman–Crippen MR) is 74.9 cm³/mol. The second kappa shape index (κ2) is 6.36. The molecule has 0 amide bonds. The summed E-state index contributed by atoms with van der Waals surface area (Å²) in [6.07, 6.45) is 0. The minimum atomic E-state index is 0.179. The van der Waals surface area contributed by atoms with Gasteiger partial charge in [0.05, 0.1) is 7.11 Å². The number of methoxy groups -OCH3 is 1. The van der Waals surface area contributed by atoms with Crippen LogP contribution in [0.15, 0.2) is 53.7 Å². The van der Waals surface area contributed by atoms with Gasteiger partial charge in [-0.1, -0.05) is 29.2 Å². The molecular formula is C16H13NO2. The third kappa shape index (κ3) is 3.68. The first-order valence-electron chi connectivity index (χ1n) is 5.86. The van der Waals surface area contributed by atoms with Gasteiger partial charge >= 0.3 is 0 Å². The molecule has 0 aliphatic carbocycles. The highest BCUT2D eigenvalue weighted by Crippen LogP contribution is 2.11. The molecule has 0 radical (unpaired) electrons. The van der Waals surface area contributed by atoms with Gasteiger partial charge in [0.1, 0.15) is 12.3 Å². The van der Waals surface area contributed by atoms with Crippen LogP contribution in [0.25, 0.3) is 0 Å². The zero-order valence-electron chi connectivity index (χ0n) is 10.6. The predicted octanol–water partition coefficient (Wildman–Crippen LogP) is 3.36. The number of nitroso groups, excluding NO2 is 1. The van der Waals surface area contributed by atoms with E-state index < -0.39 is 0 Å². The molecule has 2 rings (SSSR count). The second-order valence-electron chi connectivity index (χ2n) is 3.97. The number of rotatable bonds is 3. The van der Waals surface area contributed by atoms with Crippen molar-refractivity contribution in [2.45, 2.75) is 6.54 Å². The maximum Gasteiger partial charge on any atom is 0.118 e. The monoisotopic (exact) mass is 251 g/mol. The van der Waals surface area contributed by atoms with E-state index in [1.165, 1.54) is 0 Å². The first-order chi connectivity index (χ1) is 9.31. The van der Waals surface area contributed by atoms with Crippen molar-refractivity contribution in [2.75, 3.05) is 7.11 Å². The van der Waals surface area contributed by atoms with Crippen molar-refractivity contribution in [3.8, 4) is 17.6 Å². The zero-order chi connectivity index (χ0) is 13.5. The summed E-state index contributed by atoms with van der Waals surface area (Å²) in [4.78, 5) is 10.2. The molecule has 3 nitrogen and oxygen atoms in total. The third-order valence-corrected chi connectivity index (χ3v) is 2.62. The van der Waals surface area contributed by atoms with E-state index in [1.807, 2.05) is 48.5 Å². The quantitative estimate of drug-likeness (QED) is 0.619. The lowest BCUT2D eigenvalue weighted by molar-refractivity contribution is 0.415. The van der Waals surface area contributed by atoms with E-state index in [4.69, 9.17) is 4.74 Å². The lowest BCUT2D eigenvalue weighted by atomic mass is 10.1. The summed E-state index contributed by atoms with van der Waals surface area (Å²) in [5.41, 5.74) is 2.66. The van der Waals surface area contributed by atoms with E-state index in [0.717, 1.165) is 22.4 Å². The molecule has 0 heterocycles. The molecule has 0 N–H and O–H groups in total. The molecule has 2 aromatic rings. The van der Waals surface area contributed by atoms with Crippen LogP contribution in [0.3, 0.4) is 0 Å². The molecule has 0 spiro atoms. The van der Waals surface area contributed by atoms with Gasteiger partial charge in [0.25, 0.3) is 0 Å². The highest BCUT2D eigenvalue weighted by molar-refractivity contribution is 5.45. The smallest absolute Gasteiger partial charge is 0.118 e. The summed E-state index contributed by atoms with van der Waals surface area (Å²) < 4.78 is 5.09. The molecule has 94 valence electrons. The Bertz CT molecular complexity index is 621. The molecule has 0 bridgehead atoms. The van der Waals surface area contributed by atoms with Gasteiger partial charge < -0.3 is 4.74 Å². The molecular weight excluding hydrogens is 238 g/mol. The Labute approximate surface area is 112 Å². The maximum atomic E-state index is 10.2. The van der Waals surface area contributed by atoms with Gasteiger partial charge in [0.15, 0.2) is 0 Å². The Kier molecular flexibility index (Phi) is 4.30. The first kappa shape index (κ1) is 12.8.